The number of hydrogen-bond acceptors (Lipinski definition) is 5. The van der Waals surface area contributed by atoms with Crippen LogP contribution in [0, 0.1) is 16.0 Å². The van der Waals surface area contributed by atoms with Gasteiger partial charge < -0.3 is 15.7 Å². The fourth-order valence-electron chi connectivity index (χ4n) is 1.92. The zero-order chi connectivity index (χ0) is 15.3. The van der Waals surface area contributed by atoms with E-state index in [-0.39, 0.29) is 23.2 Å². The first-order valence-corrected chi connectivity index (χ1v) is 6.28. The molecule has 1 aromatic carbocycles. The highest BCUT2D eigenvalue weighted by Crippen LogP contribution is 2.26. The monoisotopic (exact) mass is 281 g/mol. The summed E-state index contributed by atoms with van der Waals surface area (Å²) < 4.78 is 5.72. The molecule has 7 nitrogen and oxygen atoms in total. The second-order valence-corrected chi connectivity index (χ2v) is 4.98. The van der Waals surface area contributed by atoms with Gasteiger partial charge in [-0.05, 0) is 25.3 Å². The second kappa shape index (κ2) is 6.74. The lowest BCUT2D eigenvalue weighted by Gasteiger charge is -2.18. The molecule has 3 N–H and O–H groups in total. The van der Waals surface area contributed by atoms with Crippen LogP contribution in [0.1, 0.15) is 32.8 Å². The third-order valence-corrected chi connectivity index (χ3v) is 2.69. The highest BCUT2D eigenvalue weighted by Gasteiger charge is 2.17. The van der Waals surface area contributed by atoms with Gasteiger partial charge in [-0.3, -0.25) is 10.1 Å². The Balaban J connectivity index is 3.09. The van der Waals surface area contributed by atoms with E-state index in [9.17, 15) is 10.1 Å². The van der Waals surface area contributed by atoms with E-state index in [1.165, 1.54) is 18.2 Å². The van der Waals surface area contributed by atoms with Crippen molar-refractivity contribution in [3.05, 3.63) is 33.9 Å². The van der Waals surface area contributed by atoms with E-state index >= 15 is 0 Å². The normalized spacial score (nSPS) is 13.3. The van der Waals surface area contributed by atoms with Gasteiger partial charge >= 0.3 is 0 Å². The van der Waals surface area contributed by atoms with E-state index in [1.54, 1.807) is 0 Å². The van der Waals surface area contributed by atoms with E-state index in [2.05, 4.69) is 19.0 Å². The van der Waals surface area contributed by atoms with E-state index in [4.69, 9.17) is 15.7 Å². The number of nitro benzene ring substituents is 1. The molecule has 0 bridgehead atoms. The lowest BCUT2D eigenvalue weighted by Crippen LogP contribution is -2.19. The van der Waals surface area contributed by atoms with Crippen LogP contribution in [0.2, 0.25) is 0 Å². The summed E-state index contributed by atoms with van der Waals surface area (Å²) in [6.07, 6.45) is 0.744. The van der Waals surface area contributed by atoms with E-state index < -0.39 is 4.92 Å². The molecule has 1 aromatic rings. The molecule has 1 rings (SSSR count). The number of non-ortho nitro benzene ring substituents is 1. The lowest BCUT2D eigenvalue weighted by atomic mass is 10.1. The Morgan fingerprint density at radius 2 is 2.15 bits per heavy atom. The summed E-state index contributed by atoms with van der Waals surface area (Å²) in [6.45, 7) is 6.04. The van der Waals surface area contributed by atoms with Crippen LogP contribution >= 0.6 is 0 Å². The van der Waals surface area contributed by atoms with Crippen molar-refractivity contribution >= 4 is 11.5 Å². The van der Waals surface area contributed by atoms with Crippen LogP contribution in [-0.2, 0) is 0 Å². The van der Waals surface area contributed by atoms with E-state index in [0.717, 1.165) is 6.42 Å². The van der Waals surface area contributed by atoms with Gasteiger partial charge in [-0.1, -0.05) is 19.0 Å². The van der Waals surface area contributed by atoms with Gasteiger partial charge in [0.25, 0.3) is 5.69 Å². The molecule has 110 valence electrons. The smallest absolute Gasteiger partial charge is 0.270 e. The van der Waals surface area contributed by atoms with Crippen LogP contribution in [0.3, 0.4) is 0 Å². The van der Waals surface area contributed by atoms with Gasteiger partial charge in [0.2, 0.25) is 0 Å². The summed E-state index contributed by atoms with van der Waals surface area (Å²) in [4.78, 5) is 10.2. The number of nitrogens with two attached hydrogens (primary N) is 1. The number of oxime groups is 1. The van der Waals surface area contributed by atoms with Crippen LogP contribution in [0.15, 0.2) is 23.4 Å². The number of rotatable bonds is 6. The maximum absolute atomic E-state index is 10.8. The van der Waals surface area contributed by atoms with Crippen molar-refractivity contribution in [3.8, 4) is 5.75 Å². The van der Waals surface area contributed by atoms with Crippen molar-refractivity contribution in [2.24, 2.45) is 16.8 Å². The maximum Gasteiger partial charge on any atom is 0.270 e. The third kappa shape index (κ3) is 4.11. The Bertz CT molecular complexity index is 514. The minimum atomic E-state index is -0.546. The molecule has 7 heteroatoms. The van der Waals surface area contributed by atoms with Gasteiger partial charge in [0, 0.05) is 12.1 Å². The maximum atomic E-state index is 10.8. The first kappa shape index (κ1) is 15.7. The van der Waals surface area contributed by atoms with Gasteiger partial charge in [0.15, 0.2) is 5.84 Å². The Morgan fingerprint density at radius 1 is 1.50 bits per heavy atom. The SMILES string of the molecule is CC(C)CC(C)Oc1ccc([N+](=O)[O-])cc1C(N)=NO. The Kier molecular flexibility index (Phi) is 5.31. The Morgan fingerprint density at radius 3 is 2.65 bits per heavy atom. The van der Waals surface area contributed by atoms with Gasteiger partial charge in [-0.2, -0.15) is 0 Å². The van der Waals surface area contributed by atoms with Gasteiger partial charge in [0.1, 0.15) is 5.75 Å². The van der Waals surface area contributed by atoms with Crippen LogP contribution in [-0.4, -0.2) is 22.1 Å². The van der Waals surface area contributed by atoms with Crippen LogP contribution in [0.4, 0.5) is 5.69 Å². The fraction of sp³-hybridized carbons (Fsp3) is 0.462. The number of benzene rings is 1. The highest BCUT2D eigenvalue weighted by atomic mass is 16.6. The molecule has 0 radical (unpaired) electrons. The number of hydrogen-bond donors (Lipinski definition) is 2. The summed E-state index contributed by atoms with van der Waals surface area (Å²) >= 11 is 0. The predicted octanol–water partition coefficient (Wildman–Crippen LogP) is 2.50. The molecule has 0 saturated heterocycles. The number of nitro groups is 1. The zero-order valence-corrected chi connectivity index (χ0v) is 11.7. The molecule has 0 amide bonds. The van der Waals surface area contributed by atoms with E-state index in [0.29, 0.717) is 11.7 Å². The molecule has 0 aromatic heterocycles. The van der Waals surface area contributed by atoms with Crippen molar-refractivity contribution in [2.45, 2.75) is 33.3 Å². The summed E-state index contributed by atoms with van der Waals surface area (Å²) in [5.41, 5.74) is 5.60. The zero-order valence-electron chi connectivity index (χ0n) is 11.7. The van der Waals surface area contributed by atoms with Crippen molar-refractivity contribution in [1.29, 1.82) is 0 Å². The summed E-state index contributed by atoms with van der Waals surface area (Å²) in [5, 5.41) is 22.4. The molecule has 0 spiro atoms. The number of nitrogens with zero attached hydrogens (tertiary/aromatic N) is 2. The Labute approximate surface area is 117 Å². The average molecular weight is 281 g/mol. The molecule has 1 atom stereocenters. The predicted molar refractivity (Wildman–Crippen MR) is 75.2 cm³/mol. The fourth-order valence-corrected chi connectivity index (χ4v) is 1.92. The third-order valence-electron chi connectivity index (χ3n) is 2.69. The number of amidine groups is 1. The van der Waals surface area contributed by atoms with E-state index in [1.807, 2.05) is 6.92 Å². The Hall–Kier alpha value is -2.31. The lowest BCUT2D eigenvalue weighted by molar-refractivity contribution is -0.384. The average Bonchev–Trinajstić information content (AvgIpc) is 2.36. The number of ether oxygens (including phenoxy) is 1. The quantitative estimate of drug-likeness (QED) is 0.273. The first-order chi connectivity index (χ1) is 9.35. The molecule has 0 saturated carbocycles. The molecular weight excluding hydrogens is 262 g/mol. The molecule has 0 fully saturated rings. The largest absolute Gasteiger partial charge is 0.490 e. The molecule has 0 aliphatic rings. The molecular formula is C13H19N3O4. The van der Waals surface area contributed by atoms with Crippen molar-refractivity contribution in [2.75, 3.05) is 0 Å². The van der Waals surface area contributed by atoms with Crippen molar-refractivity contribution < 1.29 is 14.9 Å². The van der Waals surface area contributed by atoms with Gasteiger partial charge in [0.05, 0.1) is 16.6 Å². The first-order valence-electron chi connectivity index (χ1n) is 6.28. The standard InChI is InChI=1S/C13H19N3O4/c1-8(2)6-9(3)20-12-5-4-10(16(18)19)7-11(12)13(14)15-17/h4-5,7-9,17H,6H2,1-3H3,(H2,14,15). The minimum Gasteiger partial charge on any atom is -0.490 e. The van der Waals surface area contributed by atoms with Gasteiger partial charge in [-0.15, -0.1) is 0 Å². The minimum absolute atomic E-state index is 0.0818. The van der Waals surface area contributed by atoms with Crippen LogP contribution in [0.5, 0.6) is 5.75 Å². The highest BCUT2D eigenvalue weighted by molar-refractivity contribution is 6.00. The molecule has 20 heavy (non-hydrogen) atoms. The molecule has 0 aliphatic heterocycles. The summed E-state index contributed by atoms with van der Waals surface area (Å²) in [5.74, 6) is 0.592. The second-order valence-electron chi connectivity index (χ2n) is 4.98. The van der Waals surface area contributed by atoms with Crippen molar-refractivity contribution in [1.82, 2.24) is 0 Å². The van der Waals surface area contributed by atoms with Crippen molar-refractivity contribution in [3.63, 3.8) is 0 Å². The summed E-state index contributed by atoms with van der Waals surface area (Å²) in [7, 11) is 0. The summed E-state index contributed by atoms with van der Waals surface area (Å²) in [6, 6.07) is 4.01. The topological polar surface area (TPSA) is 111 Å². The molecule has 0 aliphatic carbocycles. The molecule has 1 unspecified atom stereocenters. The van der Waals surface area contributed by atoms with Crippen LogP contribution < -0.4 is 10.5 Å². The van der Waals surface area contributed by atoms with Crippen LogP contribution in [0.25, 0.3) is 0 Å². The van der Waals surface area contributed by atoms with Gasteiger partial charge in [-0.25, -0.2) is 0 Å². The molecule has 0 heterocycles.